The fourth-order valence-electron chi connectivity index (χ4n) is 4.92. The van der Waals surface area contributed by atoms with Crippen molar-refractivity contribution in [3.8, 4) is 16.9 Å². The average molecular weight is 478 g/mol. The molecule has 6 nitrogen and oxygen atoms in total. The maximum absolute atomic E-state index is 15.7. The van der Waals surface area contributed by atoms with Crippen molar-refractivity contribution in [3.63, 3.8) is 0 Å². The molecular formula is C23H21F3N2O4S. The van der Waals surface area contributed by atoms with E-state index in [0.29, 0.717) is 30.8 Å². The molecule has 0 saturated heterocycles. The first-order valence-corrected chi connectivity index (χ1v) is 12.4. The normalized spacial score (nSPS) is 22.4. The minimum absolute atomic E-state index is 0.0340. The summed E-state index contributed by atoms with van der Waals surface area (Å²) in [7, 11) is -3.45. The molecule has 1 saturated carbocycles. The van der Waals surface area contributed by atoms with Gasteiger partial charge < -0.3 is 9.15 Å². The first-order valence-electron chi connectivity index (χ1n) is 10.5. The molecule has 5 rings (SSSR count). The molecule has 1 aliphatic heterocycles. The lowest BCUT2D eigenvalue weighted by molar-refractivity contribution is 0.286. The Kier molecular flexibility index (Phi) is 5.24. The van der Waals surface area contributed by atoms with Crippen LogP contribution in [0.4, 0.5) is 13.2 Å². The Labute approximate surface area is 188 Å². The van der Waals surface area contributed by atoms with Crippen LogP contribution in [-0.4, -0.2) is 25.7 Å². The van der Waals surface area contributed by atoms with Gasteiger partial charge in [-0.15, -0.1) is 0 Å². The Hall–Kier alpha value is -2.85. The van der Waals surface area contributed by atoms with Gasteiger partial charge in [0.1, 0.15) is 30.2 Å². The Morgan fingerprint density at radius 3 is 2.76 bits per heavy atom. The molecule has 33 heavy (non-hydrogen) atoms. The van der Waals surface area contributed by atoms with Crippen molar-refractivity contribution >= 4 is 10.0 Å². The van der Waals surface area contributed by atoms with Gasteiger partial charge in [0.25, 0.3) is 0 Å². The molecule has 0 unspecified atom stereocenters. The first-order chi connectivity index (χ1) is 15.7. The first kappa shape index (κ1) is 22.0. The van der Waals surface area contributed by atoms with E-state index in [2.05, 4.69) is 9.71 Å². The second kappa shape index (κ2) is 7.88. The Bertz CT molecular complexity index is 1340. The van der Waals surface area contributed by atoms with Crippen LogP contribution in [-0.2, 0) is 28.5 Å². The largest absolute Gasteiger partial charge is 0.483 e. The van der Waals surface area contributed by atoms with Gasteiger partial charge >= 0.3 is 0 Å². The molecule has 2 aromatic carbocycles. The number of fused-ring (bicyclic) bond motifs is 7. The molecule has 2 atom stereocenters. The lowest BCUT2D eigenvalue weighted by Crippen LogP contribution is -2.35. The third-order valence-corrected chi connectivity index (χ3v) is 7.06. The van der Waals surface area contributed by atoms with E-state index in [1.165, 1.54) is 24.5 Å². The molecule has 1 aliphatic carbocycles. The number of benzene rings is 2. The van der Waals surface area contributed by atoms with Crippen LogP contribution < -0.4 is 9.46 Å². The highest BCUT2D eigenvalue weighted by molar-refractivity contribution is 7.88. The van der Waals surface area contributed by atoms with Crippen molar-refractivity contribution < 1.29 is 30.7 Å². The summed E-state index contributed by atoms with van der Waals surface area (Å²) in [5.41, 5.74) is -0.621. The Balaban J connectivity index is 1.67. The average Bonchev–Trinajstić information content (AvgIpc) is 3.36. The Morgan fingerprint density at radius 1 is 1.15 bits per heavy atom. The molecule has 2 aliphatic rings. The van der Waals surface area contributed by atoms with Crippen molar-refractivity contribution in [2.24, 2.45) is 0 Å². The van der Waals surface area contributed by atoms with E-state index >= 15 is 4.39 Å². The predicted molar refractivity (Wildman–Crippen MR) is 114 cm³/mol. The maximum Gasteiger partial charge on any atom is 0.208 e. The number of oxazole rings is 1. The molecule has 1 fully saturated rings. The standard InChI is InChI=1S/C23H21F3N2O4S/c1-33(29,30)28-14-7-8-23(10-14)9-13-5-6-17(24)19(20(13)26)16-3-2-4-18(25)21(16)31-11-15-12-32-22(23)27-15/h2-6,12,14,28H,7-11H2,1H3/t14-,23+/m0/s1. The molecule has 2 heterocycles. The summed E-state index contributed by atoms with van der Waals surface area (Å²) in [4.78, 5) is 4.51. The van der Waals surface area contributed by atoms with E-state index < -0.39 is 32.9 Å². The van der Waals surface area contributed by atoms with E-state index in [0.717, 1.165) is 18.4 Å². The number of hydrogen-bond donors (Lipinski definition) is 1. The summed E-state index contributed by atoms with van der Waals surface area (Å²) in [6.07, 6.45) is 3.91. The number of sulfonamides is 1. The second-order valence-corrected chi connectivity index (χ2v) is 10.5. The van der Waals surface area contributed by atoms with E-state index in [9.17, 15) is 17.2 Å². The SMILES string of the molecule is CS(=O)(=O)N[C@H]1CC[C@@]2(Cc3ccc(F)c(c3F)-c3cccc(F)c3OCc3coc2n3)C1. The zero-order valence-electron chi connectivity index (χ0n) is 17.7. The lowest BCUT2D eigenvalue weighted by Gasteiger charge is -2.27. The molecule has 1 N–H and O–H groups in total. The molecule has 174 valence electrons. The van der Waals surface area contributed by atoms with Gasteiger partial charge in [-0.05, 0) is 43.4 Å². The van der Waals surface area contributed by atoms with Gasteiger partial charge in [0.2, 0.25) is 15.9 Å². The number of hydrogen-bond acceptors (Lipinski definition) is 5. The number of aromatic nitrogens is 1. The quantitative estimate of drug-likeness (QED) is 0.596. The summed E-state index contributed by atoms with van der Waals surface area (Å²) in [6.45, 7) is -0.165. The number of halogens is 3. The second-order valence-electron chi connectivity index (χ2n) is 8.73. The number of nitrogens with one attached hydrogen (secondary N) is 1. The number of para-hydroxylation sites is 1. The van der Waals surface area contributed by atoms with Gasteiger partial charge in [-0.2, -0.15) is 0 Å². The summed E-state index contributed by atoms with van der Waals surface area (Å²) in [5, 5.41) is 0. The predicted octanol–water partition coefficient (Wildman–Crippen LogP) is 4.23. The summed E-state index contributed by atoms with van der Waals surface area (Å²) >= 11 is 0. The van der Waals surface area contributed by atoms with E-state index in [4.69, 9.17) is 9.15 Å². The Morgan fingerprint density at radius 2 is 1.97 bits per heavy atom. The van der Waals surface area contributed by atoms with Crippen LogP contribution in [0.15, 0.2) is 41.0 Å². The van der Waals surface area contributed by atoms with Crippen molar-refractivity contribution in [1.29, 1.82) is 0 Å². The lowest BCUT2D eigenvalue weighted by atomic mass is 9.79. The van der Waals surface area contributed by atoms with Crippen LogP contribution in [0.25, 0.3) is 11.1 Å². The van der Waals surface area contributed by atoms with Crippen LogP contribution in [0.1, 0.15) is 36.4 Å². The zero-order chi connectivity index (χ0) is 23.4. The summed E-state index contributed by atoms with van der Waals surface area (Å²) < 4.78 is 82.6. The van der Waals surface area contributed by atoms with Crippen molar-refractivity contribution in [3.05, 3.63) is 71.2 Å². The van der Waals surface area contributed by atoms with Crippen LogP contribution in [0.3, 0.4) is 0 Å². The van der Waals surface area contributed by atoms with Gasteiger partial charge in [-0.25, -0.2) is 31.3 Å². The fourth-order valence-corrected chi connectivity index (χ4v) is 5.73. The molecule has 0 radical (unpaired) electrons. The van der Waals surface area contributed by atoms with Gasteiger partial charge in [0.05, 0.1) is 17.2 Å². The molecule has 10 heteroatoms. The maximum atomic E-state index is 15.7. The monoisotopic (exact) mass is 478 g/mol. The molecular weight excluding hydrogens is 457 g/mol. The molecule has 1 aromatic heterocycles. The smallest absolute Gasteiger partial charge is 0.208 e. The van der Waals surface area contributed by atoms with Crippen LogP contribution in [0, 0.1) is 17.5 Å². The van der Waals surface area contributed by atoms with E-state index in [1.807, 2.05) is 0 Å². The zero-order valence-corrected chi connectivity index (χ0v) is 18.5. The van der Waals surface area contributed by atoms with E-state index in [-0.39, 0.29) is 41.5 Å². The third-order valence-electron chi connectivity index (χ3n) is 6.30. The topological polar surface area (TPSA) is 81.4 Å². The molecule has 4 bridgehead atoms. The minimum Gasteiger partial charge on any atom is -0.483 e. The third kappa shape index (κ3) is 4.02. The highest BCUT2D eigenvalue weighted by atomic mass is 32.2. The van der Waals surface area contributed by atoms with Crippen molar-refractivity contribution in [2.45, 2.75) is 43.7 Å². The van der Waals surface area contributed by atoms with Crippen LogP contribution in [0.2, 0.25) is 0 Å². The number of ether oxygens (including phenoxy) is 1. The van der Waals surface area contributed by atoms with Crippen LogP contribution >= 0.6 is 0 Å². The van der Waals surface area contributed by atoms with Gasteiger partial charge in [0, 0.05) is 11.6 Å². The van der Waals surface area contributed by atoms with E-state index in [1.54, 1.807) is 0 Å². The highest BCUT2D eigenvalue weighted by Gasteiger charge is 2.46. The number of rotatable bonds is 2. The molecule has 3 aromatic rings. The van der Waals surface area contributed by atoms with Crippen molar-refractivity contribution in [2.75, 3.05) is 6.26 Å². The fraction of sp³-hybridized carbons (Fsp3) is 0.348. The molecule has 1 spiro atoms. The summed E-state index contributed by atoms with van der Waals surface area (Å²) in [6, 6.07) is 6.04. The van der Waals surface area contributed by atoms with Gasteiger partial charge in [-0.1, -0.05) is 18.2 Å². The minimum atomic E-state index is -3.45. The highest BCUT2D eigenvalue weighted by Crippen LogP contribution is 2.46. The number of nitrogens with zero attached hydrogens (tertiary/aromatic N) is 1. The van der Waals surface area contributed by atoms with Gasteiger partial charge in [0.15, 0.2) is 11.6 Å². The van der Waals surface area contributed by atoms with Crippen molar-refractivity contribution in [1.82, 2.24) is 9.71 Å². The van der Waals surface area contributed by atoms with Gasteiger partial charge in [-0.3, -0.25) is 0 Å². The molecule has 0 amide bonds. The summed E-state index contributed by atoms with van der Waals surface area (Å²) in [5.74, 6) is -2.36. The van der Waals surface area contributed by atoms with Crippen LogP contribution in [0.5, 0.6) is 5.75 Å².